The molecule has 0 spiro atoms. The first-order valence-corrected chi connectivity index (χ1v) is 7.50. The molecule has 0 fully saturated rings. The third-order valence-corrected chi connectivity index (χ3v) is 4.79. The number of carbonyl (C=O) groups is 1. The van der Waals surface area contributed by atoms with E-state index in [0.717, 1.165) is 24.1 Å². The summed E-state index contributed by atoms with van der Waals surface area (Å²) in [4.78, 5) is 14.3. The predicted octanol–water partition coefficient (Wildman–Crippen LogP) is 1.80. The Morgan fingerprint density at radius 1 is 1.44 bits per heavy atom. The number of nitrogens with zero attached hydrogens (tertiary/aromatic N) is 1. The van der Waals surface area contributed by atoms with Crippen LogP contribution in [0.25, 0.3) is 0 Å². The van der Waals surface area contributed by atoms with E-state index in [1.54, 1.807) is 11.8 Å². The Morgan fingerprint density at radius 2 is 2.17 bits per heavy atom. The summed E-state index contributed by atoms with van der Waals surface area (Å²) in [6.07, 6.45) is 2.87. The van der Waals surface area contributed by atoms with Crippen LogP contribution in [0.4, 0.5) is 0 Å². The molecule has 0 radical (unpaired) electrons. The lowest BCUT2D eigenvalue weighted by Gasteiger charge is -2.36. The highest BCUT2D eigenvalue weighted by Crippen LogP contribution is 2.24. The minimum absolute atomic E-state index is 0.0610. The zero-order valence-corrected chi connectivity index (χ0v) is 11.6. The molecule has 0 aliphatic carbocycles. The zero-order valence-electron chi connectivity index (χ0n) is 10.8. The average Bonchev–Trinajstić information content (AvgIpc) is 2.40. The molecule has 1 aromatic rings. The second-order valence-corrected chi connectivity index (χ2v) is 5.68. The number of benzene rings is 1. The van der Waals surface area contributed by atoms with Gasteiger partial charge in [0.2, 0.25) is 0 Å². The molecule has 1 amide bonds. The summed E-state index contributed by atoms with van der Waals surface area (Å²) in [6.45, 7) is 2.87. The molecule has 1 N–H and O–H groups in total. The van der Waals surface area contributed by atoms with Gasteiger partial charge < -0.3 is 10.0 Å². The molecule has 2 rings (SSSR count). The van der Waals surface area contributed by atoms with Gasteiger partial charge in [0, 0.05) is 23.4 Å². The maximum atomic E-state index is 12.4. The van der Waals surface area contributed by atoms with Crippen molar-refractivity contribution >= 4 is 17.7 Å². The van der Waals surface area contributed by atoms with E-state index in [9.17, 15) is 9.90 Å². The van der Waals surface area contributed by atoms with E-state index in [-0.39, 0.29) is 23.8 Å². The molecule has 3 nitrogen and oxygen atoms in total. The molecule has 1 heterocycles. The second-order valence-electron chi connectivity index (χ2n) is 4.60. The van der Waals surface area contributed by atoms with Gasteiger partial charge in [0.1, 0.15) is 0 Å². The van der Waals surface area contributed by atoms with Crippen LogP contribution < -0.4 is 0 Å². The van der Waals surface area contributed by atoms with Crippen LogP contribution >= 0.6 is 11.8 Å². The topological polar surface area (TPSA) is 40.5 Å². The Bertz CT molecular complexity index is 432. The van der Waals surface area contributed by atoms with Gasteiger partial charge in [-0.3, -0.25) is 4.79 Å². The van der Waals surface area contributed by atoms with Crippen LogP contribution in [0.3, 0.4) is 0 Å². The van der Waals surface area contributed by atoms with Gasteiger partial charge in [-0.15, -0.1) is 0 Å². The van der Waals surface area contributed by atoms with Gasteiger partial charge in [0.15, 0.2) is 0 Å². The molecule has 98 valence electrons. The fourth-order valence-corrected chi connectivity index (χ4v) is 3.15. The molecule has 0 saturated heterocycles. The third-order valence-electron chi connectivity index (χ3n) is 3.64. The number of aliphatic hydroxyl groups excluding tert-OH is 1. The van der Waals surface area contributed by atoms with Gasteiger partial charge in [0.25, 0.3) is 5.91 Å². The van der Waals surface area contributed by atoms with Crippen LogP contribution in [0.2, 0.25) is 0 Å². The highest BCUT2D eigenvalue weighted by atomic mass is 32.2. The van der Waals surface area contributed by atoms with Crippen molar-refractivity contribution < 1.29 is 9.90 Å². The van der Waals surface area contributed by atoms with Crippen molar-refractivity contribution in [1.29, 1.82) is 0 Å². The SMILES string of the molecule is CSC(CO)C(C)N1CCc2ccccc2C1=O. The minimum Gasteiger partial charge on any atom is -0.395 e. The van der Waals surface area contributed by atoms with E-state index in [1.807, 2.05) is 42.3 Å². The number of hydrogen-bond acceptors (Lipinski definition) is 3. The summed E-state index contributed by atoms with van der Waals surface area (Å²) >= 11 is 1.61. The van der Waals surface area contributed by atoms with Crippen LogP contribution in [-0.4, -0.2) is 46.6 Å². The zero-order chi connectivity index (χ0) is 13.1. The monoisotopic (exact) mass is 265 g/mol. The average molecular weight is 265 g/mol. The lowest BCUT2D eigenvalue weighted by molar-refractivity contribution is 0.0655. The Morgan fingerprint density at radius 3 is 2.83 bits per heavy atom. The van der Waals surface area contributed by atoms with Crippen LogP contribution in [-0.2, 0) is 6.42 Å². The first-order valence-electron chi connectivity index (χ1n) is 6.21. The number of carbonyl (C=O) groups excluding carboxylic acids is 1. The minimum atomic E-state index is 0.0610. The quantitative estimate of drug-likeness (QED) is 0.902. The molecule has 1 aromatic carbocycles. The molecular formula is C14H19NO2S. The summed E-state index contributed by atoms with van der Waals surface area (Å²) in [5, 5.41) is 9.43. The molecule has 2 unspecified atom stereocenters. The van der Waals surface area contributed by atoms with Crippen molar-refractivity contribution in [2.24, 2.45) is 0 Å². The van der Waals surface area contributed by atoms with Gasteiger partial charge in [-0.2, -0.15) is 11.8 Å². The van der Waals surface area contributed by atoms with E-state index in [0.29, 0.717) is 0 Å². The summed E-state index contributed by atoms with van der Waals surface area (Å²) in [6, 6.07) is 7.86. The second kappa shape index (κ2) is 5.76. The first kappa shape index (κ1) is 13.4. The number of amides is 1. The highest BCUT2D eigenvalue weighted by molar-refractivity contribution is 7.99. The number of aliphatic hydroxyl groups is 1. The number of thioether (sulfide) groups is 1. The summed E-state index contributed by atoms with van der Waals surface area (Å²) in [5.41, 5.74) is 1.95. The molecule has 2 atom stereocenters. The van der Waals surface area contributed by atoms with Crippen molar-refractivity contribution in [3.63, 3.8) is 0 Å². The molecule has 0 saturated carbocycles. The van der Waals surface area contributed by atoms with E-state index in [4.69, 9.17) is 0 Å². The summed E-state index contributed by atoms with van der Waals surface area (Å²) < 4.78 is 0. The predicted molar refractivity (Wildman–Crippen MR) is 75.0 cm³/mol. The van der Waals surface area contributed by atoms with Crippen LogP contribution in [0.5, 0.6) is 0 Å². The standard InChI is InChI=1S/C14H19NO2S/c1-10(13(9-16)18-2)15-8-7-11-5-3-4-6-12(11)14(15)17/h3-6,10,13,16H,7-9H2,1-2H3. The van der Waals surface area contributed by atoms with Gasteiger partial charge in [-0.25, -0.2) is 0 Å². The third kappa shape index (κ3) is 2.40. The van der Waals surface area contributed by atoms with Crippen LogP contribution in [0.1, 0.15) is 22.8 Å². The Kier molecular flexibility index (Phi) is 4.30. The van der Waals surface area contributed by atoms with E-state index >= 15 is 0 Å². The lowest BCUT2D eigenvalue weighted by Crippen LogP contribution is -2.48. The maximum absolute atomic E-state index is 12.4. The van der Waals surface area contributed by atoms with E-state index < -0.39 is 0 Å². The molecule has 18 heavy (non-hydrogen) atoms. The number of rotatable bonds is 4. The first-order chi connectivity index (χ1) is 8.69. The maximum Gasteiger partial charge on any atom is 0.254 e. The van der Waals surface area contributed by atoms with Gasteiger partial charge in [0.05, 0.1) is 6.61 Å². The summed E-state index contributed by atoms with van der Waals surface area (Å²) in [7, 11) is 0. The van der Waals surface area contributed by atoms with Crippen molar-refractivity contribution in [2.45, 2.75) is 24.6 Å². The van der Waals surface area contributed by atoms with Crippen LogP contribution in [0.15, 0.2) is 24.3 Å². The molecule has 0 bridgehead atoms. The van der Waals surface area contributed by atoms with E-state index in [2.05, 4.69) is 0 Å². The van der Waals surface area contributed by atoms with Gasteiger partial charge >= 0.3 is 0 Å². The number of fused-ring (bicyclic) bond motifs is 1. The van der Waals surface area contributed by atoms with Crippen LogP contribution in [0, 0.1) is 0 Å². The Labute approximate surface area is 112 Å². The summed E-state index contributed by atoms with van der Waals surface area (Å²) in [5.74, 6) is 0.0943. The smallest absolute Gasteiger partial charge is 0.254 e. The van der Waals surface area contributed by atoms with Crippen molar-refractivity contribution in [2.75, 3.05) is 19.4 Å². The molecule has 1 aliphatic rings. The molecule has 4 heteroatoms. The number of hydrogen-bond donors (Lipinski definition) is 1. The Hall–Kier alpha value is -1.00. The molecular weight excluding hydrogens is 246 g/mol. The Balaban J connectivity index is 2.21. The lowest BCUT2D eigenvalue weighted by atomic mass is 9.97. The molecule has 1 aliphatic heterocycles. The normalized spacial score (nSPS) is 18.4. The van der Waals surface area contributed by atoms with Crippen molar-refractivity contribution in [1.82, 2.24) is 4.90 Å². The molecule has 0 aromatic heterocycles. The van der Waals surface area contributed by atoms with E-state index in [1.165, 1.54) is 0 Å². The highest BCUT2D eigenvalue weighted by Gasteiger charge is 2.31. The largest absolute Gasteiger partial charge is 0.395 e. The van der Waals surface area contributed by atoms with Crippen molar-refractivity contribution in [3.8, 4) is 0 Å². The fourth-order valence-electron chi connectivity index (χ4n) is 2.46. The van der Waals surface area contributed by atoms with Gasteiger partial charge in [-0.05, 0) is 31.2 Å². The van der Waals surface area contributed by atoms with Crippen molar-refractivity contribution in [3.05, 3.63) is 35.4 Å². The fraction of sp³-hybridized carbons (Fsp3) is 0.500. The van der Waals surface area contributed by atoms with Gasteiger partial charge in [-0.1, -0.05) is 18.2 Å².